The van der Waals surface area contributed by atoms with Crippen LogP contribution in [-0.2, 0) is 0 Å². The molecule has 1 saturated carbocycles. The summed E-state index contributed by atoms with van der Waals surface area (Å²) in [7, 11) is 0. The maximum absolute atomic E-state index is 12.8. The molecule has 0 atom stereocenters. The van der Waals surface area contributed by atoms with Crippen LogP contribution in [-0.4, -0.2) is 13.2 Å². The van der Waals surface area contributed by atoms with Crippen LogP contribution in [0, 0.1) is 17.0 Å². The molecular weight excluding hydrogens is 200 g/mol. The second-order valence-electron chi connectivity index (χ2n) is 4.10. The highest BCUT2D eigenvalue weighted by Gasteiger charge is 2.42. The molecule has 1 aliphatic carbocycles. The van der Waals surface area contributed by atoms with E-state index in [2.05, 4.69) is 0 Å². The van der Waals surface area contributed by atoms with Crippen LogP contribution in [0.2, 0.25) is 0 Å². The lowest BCUT2D eigenvalue weighted by Crippen LogP contribution is -2.22. The molecule has 0 saturated heterocycles. The third-order valence-corrected chi connectivity index (χ3v) is 2.77. The minimum atomic E-state index is -0.623. The first-order chi connectivity index (χ1) is 7.13. The van der Waals surface area contributed by atoms with E-state index in [1.54, 1.807) is 0 Å². The van der Waals surface area contributed by atoms with Crippen molar-refractivity contribution in [3.05, 3.63) is 29.8 Å². The molecule has 0 unspecified atom stereocenters. The second-order valence-corrected chi connectivity index (χ2v) is 4.10. The van der Waals surface area contributed by atoms with Crippen LogP contribution in [0.25, 0.3) is 0 Å². The van der Waals surface area contributed by atoms with Gasteiger partial charge in [0.05, 0.1) is 6.61 Å². The standard InChI is InChI=1S/C11H13F2NO/c12-8-3-9(13)5-10(4-8)15-7-11(6-14)1-2-11/h3-5H,1-2,6-7,14H2. The van der Waals surface area contributed by atoms with Gasteiger partial charge in [0.15, 0.2) is 0 Å². The summed E-state index contributed by atoms with van der Waals surface area (Å²) in [5.74, 6) is -1.02. The molecule has 82 valence electrons. The summed E-state index contributed by atoms with van der Waals surface area (Å²) in [6.07, 6.45) is 2.06. The van der Waals surface area contributed by atoms with Gasteiger partial charge in [-0.05, 0) is 12.8 Å². The summed E-state index contributed by atoms with van der Waals surface area (Å²) in [5, 5.41) is 0. The highest BCUT2D eigenvalue weighted by atomic mass is 19.1. The molecule has 0 radical (unpaired) electrons. The molecule has 2 N–H and O–H groups in total. The lowest BCUT2D eigenvalue weighted by atomic mass is 10.1. The molecule has 0 heterocycles. The van der Waals surface area contributed by atoms with Crippen molar-refractivity contribution < 1.29 is 13.5 Å². The number of benzene rings is 1. The zero-order valence-electron chi connectivity index (χ0n) is 8.30. The Morgan fingerprint density at radius 3 is 2.27 bits per heavy atom. The first-order valence-corrected chi connectivity index (χ1v) is 4.93. The lowest BCUT2D eigenvalue weighted by molar-refractivity contribution is 0.237. The summed E-state index contributed by atoms with van der Waals surface area (Å²) < 4.78 is 30.9. The molecule has 1 aromatic rings. The Morgan fingerprint density at radius 1 is 1.20 bits per heavy atom. The number of hydrogen-bond acceptors (Lipinski definition) is 2. The van der Waals surface area contributed by atoms with Crippen molar-refractivity contribution in [1.82, 2.24) is 0 Å². The van der Waals surface area contributed by atoms with E-state index in [1.165, 1.54) is 12.1 Å². The van der Waals surface area contributed by atoms with E-state index in [0.717, 1.165) is 18.9 Å². The number of nitrogens with two attached hydrogens (primary N) is 1. The van der Waals surface area contributed by atoms with E-state index >= 15 is 0 Å². The number of rotatable bonds is 4. The Labute approximate surface area is 87.0 Å². The summed E-state index contributed by atoms with van der Waals surface area (Å²) in [6, 6.07) is 3.17. The monoisotopic (exact) mass is 213 g/mol. The largest absolute Gasteiger partial charge is 0.493 e. The molecule has 0 spiro atoms. The first-order valence-electron chi connectivity index (χ1n) is 4.93. The summed E-state index contributed by atoms with van der Waals surface area (Å²) in [6.45, 7) is 0.997. The smallest absolute Gasteiger partial charge is 0.129 e. The van der Waals surface area contributed by atoms with E-state index in [1.807, 2.05) is 0 Å². The predicted molar refractivity (Wildman–Crippen MR) is 52.6 cm³/mol. The van der Waals surface area contributed by atoms with Crippen LogP contribution in [0.5, 0.6) is 5.75 Å². The normalized spacial score (nSPS) is 17.5. The van der Waals surface area contributed by atoms with Crippen LogP contribution in [0.1, 0.15) is 12.8 Å². The molecule has 1 aromatic carbocycles. The molecule has 0 aliphatic heterocycles. The number of ether oxygens (including phenoxy) is 1. The average molecular weight is 213 g/mol. The molecule has 4 heteroatoms. The van der Waals surface area contributed by atoms with Crippen molar-refractivity contribution in [2.75, 3.05) is 13.2 Å². The zero-order chi connectivity index (χ0) is 10.9. The SMILES string of the molecule is NCC1(COc2cc(F)cc(F)c2)CC1. The fourth-order valence-electron chi connectivity index (χ4n) is 1.43. The topological polar surface area (TPSA) is 35.2 Å². The Morgan fingerprint density at radius 2 is 1.80 bits per heavy atom. The van der Waals surface area contributed by atoms with Gasteiger partial charge in [-0.3, -0.25) is 0 Å². The van der Waals surface area contributed by atoms with Gasteiger partial charge in [-0.15, -0.1) is 0 Å². The Bertz CT molecular complexity index is 343. The number of halogens is 2. The van der Waals surface area contributed by atoms with Crippen LogP contribution >= 0.6 is 0 Å². The van der Waals surface area contributed by atoms with Gasteiger partial charge in [-0.2, -0.15) is 0 Å². The zero-order valence-corrected chi connectivity index (χ0v) is 8.30. The molecule has 0 aromatic heterocycles. The lowest BCUT2D eigenvalue weighted by Gasteiger charge is -2.13. The Kier molecular flexibility index (Phi) is 2.61. The fraction of sp³-hybridized carbons (Fsp3) is 0.455. The van der Waals surface area contributed by atoms with Crippen LogP contribution in [0.15, 0.2) is 18.2 Å². The minimum absolute atomic E-state index is 0.0444. The highest BCUT2D eigenvalue weighted by Crippen LogP contribution is 2.44. The van der Waals surface area contributed by atoms with Crippen molar-refractivity contribution in [1.29, 1.82) is 0 Å². The molecule has 0 amide bonds. The molecule has 15 heavy (non-hydrogen) atoms. The highest BCUT2D eigenvalue weighted by molar-refractivity contribution is 5.24. The van der Waals surface area contributed by atoms with Crippen molar-refractivity contribution >= 4 is 0 Å². The summed E-state index contributed by atoms with van der Waals surface area (Å²) >= 11 is 0. The molecule has 2 nitrogen and oxygen atoms in total. The molecule has 2 rings (SSSR count). The van der Waals surface area contributed by atoms with Gasteiger partial charge in [-0.1, -0.05) is 0 Å². The van der Waals surface area contributed by atoms with Gasteiger partial charge in [-0.25, -0.2) is 8.78 Å². The van der Waals surface area contributed by atoms with Crippen LogP contribution < -0.4 is 10.5 Å². The Balaban J connectivity index is 1.99. The summed E-state index contributed by atoms with van der Waals surface area (Å²) in [5.41, 5.74) is 5.61. The van der Waals surface area contributed by atoms with Crippen molar-refractivity contribution in [2.45, 2.75) is 12.8 Å². The fourth-order valence-corrected chi connectivity index (χ4v) is 1.43. The van der Waals surface area contributed by atoms with Gasteiger partial charge in [0, 0.05) is 30.2 Å². The van der Waals surface area contributed by atoms with Gasteiger partial charge in [0.1, 0.15) is 17.4 Å². The third-order valence-electron chi connectivity index (χ3n) is 2.77. The predicted octanol–water partition coefficient (Wildman–Crippen LogP) is 2.08. The second kappa shape index (κ2) is 3.77. The molecule has 1 fully saturated rings. The van der Waals surface area contributed by atoms with Crippen molar-refractivity contribution in [3.63, 3.8) is 0 Å². The molecule has 0 bridgehead atoms. The molecule has 1 aliphatic rings. The van der Waals surface area contributed by atoms with Crippen LogP contribution in [0.4, 0.5) is 8.78 Å². The number of hydrogen-bond donors (Lipinski definition) is 1. The third kappa shape index (κ3) is 2.45. The Hall–Kier alpha value is -1.16. The average Bonchev–Trinajstić information content (AvgIpc) is 2.94. The quantitative estimate of drug-likeness (QED) is 0.831. The summed E-state index contributed by atoms with van der Waals surface area (Å²) in [4.78, 5) is 0. The van der Waals surface area contributed by atoms with Gasteiger partial charge in [0.25, 0.3) is 0 Å². The van der Waals surface area contributed by atoms with Crippen molar-refractivity contribution in [2.24, 2.45) is 11.1 Å². The van der Waals surface area contributed by atoms with E-state index in [4.69, 9.17) is 10.5 Å². The van der Waals surface area contributed by atoms with Gasteiger partial charge >= 0.3 is 0 Å². The van der Waals surface area contributed by atoms with Crippen molar-refractivity contribution in [3.8, 4) is 5.75 Å². The van der Waals surface area contributed by atoms with E-state index < -0.39 is 11.6 Å². The van der Waals surface area contributed by atoms with Gasteiger partial charge in [0.2, 0.25) is 0 Å². The van der Waals surface area contributed by atoms with Gasteiger partial charge < -0.3 is 10.5 Å². The van der Waals surface area contributed by atoms with E-state index in [9.17, 15) is 8.78 Å². The van der Waals surface area contributed by atoms with E-state index in [0.29, 0.717) is 13.2 Å². The molecular formula is C11H13F2NO. The maximum atomic E-state index is 12.8. The van der Waals surface area contributed by atoms with Crippen LogP contribution in [0.3, 0.4) is 0 Å². The van der Waals surface area contributed by atoms with E-state index in [-0.39, 0.29) is 11.2 Å². The minimum Gasteiger partial charge on any atom is -0.493 e. The first kappa shape index (κ1) is 10.4. The maximum Gasteiger partial charge on any atom is 0.129 e.